The smallest absolute Gasteiger partial charge is 0.0402 e. The van der Waals surface area contributed by atoms with Crippen molar-refractivity contribution in [1.29, 1.82) is 0 Å². The first-order valence-corrected chi connectivity index (χ1v) is 6.84. The van der Waals surface area contributed by atoms with Gasteiger partial charge in [0.05, 0.1) is 0 Å². The molecular formula is C13H17BrN2. The third kappa shape index (κ3) is 1.76. The summed E-state index contributed by atoms with van der Waals surface area (Å²) >= 11 is 3.55. The molecule has 1 aromatic rings. The molecule has 0 amide bonds. The molecule has 86 valence electrons. The van der Waals surface area contributed by atoms with E-state index in [1.807, 2.05) is 0 Å². The van der Waals surface area contributed by atoms with Crippen LogP contribution in [0.5, 0.6) is 0 Å². The van der Waals surface area contributed by atoms with E-state index in [9.17, 15) is 0 Å². The Balaban J connectivity index is 1.97. The average Bonchev–Trinajstić information content (AvgIpc) is 2.28. The van der Waals surface area contributed by atoms with E-state index < -0.39 is 0 Å². The van der Waals surface area contributed by atoms with Crippen LogP contribution in [0.15, 0.2) is 22.7 Å². The normalized spacial score (nSPS) is 28.5. The molecule has 16 heavy (non-hydrogen) atoms. The summed E-state index contributed by atoms with van der Waals surface area (Å²) in [6.45, 7) is 1.03. The van der Waals surface area contributed by atoms with Gasteiger partial charge in [0.15, 0.2) is 0 Å². The van der Waals surface area contributed by atoms with Crippen LogP contribution in [0.1, 0.15) is 24.8 Å². The average molecular weight is 281 g/mol. The zero-order chi connectivity index (χ0) is 11.1. The molecule has 2 aliphatic heterocycles. The predicted molar refractivity (Wildman–Crippen MR) is 70.8 cm³/mol. The van der Waals surface area contributed by atoms with Crippen LogP contribution in [0, 0.1) is 0 Å². The standard InChI is InChI=1S/C13H17BrN2/c14-10-2-6-13-9(7-10)1-4-12-5-3-11(15)8-16(12)13/h2,6-7,11-12H,1,3-5,8,15H2. The molecule has 1 aromatic carbocycles. The maximum atomic E-state index is 6.08. The second kappa shape index (κ2) is 4.04. The van der Waals surface area contributed by atoms with Crippen LogP contribution in [0.4, 0.5) is 5.69 Å². The Morgan fingerprint density at radius 1 is 1.25 bits per heavy atom. The van der Waals surface area contributed by atoms with Crippen molar-refractivity contribution in [1.82, 2.24) is 0 Å². The van der Waals surface area contributed by atoms with Crippen molar-refractivity contribution in [3.8, 4) is 0 Å². The highest BCUT2D eigenvalue weighted by molar-refractivity contribution is 9.10. The maximum Gasteiger partial charge on any atom is 0.0402 e. The summed E-state index contributed by atoms with van der Waals surface area (Å²) in [6.07, 6.45) is 4.95. The zero-order valence-electron chi connectivity index (χ0n) is 9.32. The Morgan fingerprint density at radius 2 is 2.12 bits per heavy atom. The summed E-state index contributed by atoms with van der Waals surface area (Å²) in [5.41, 5.74) is 8.96. The van der Waals surface area contributed by atoms with E-state index in [1.54, 1.807) is 0 Å². The highest BCUT2D eigenvalue weighted by atomic mass is 79.9. The van der Waals surface area contributed by atoms with Gasteiger partial charge in [-0.2, -0.15) is 0 Å². The fraction of sp³-hybridized carbons (Fsp3) is 0.538. The highest BCUT2D eigenvalue weighted by Gasteiger charge is 2.30. The lowest BCUT2D eigenvalue weighted by Crippen LogP contribution is -2.50. The summed E-state index contributed by atoms with van der Waals surface area (Å²) in [5.74, 6) is 0. The van der Waals surface area contributed by atoms with Gasteiger partial charge in [0, 0.05) is 28.8 Å². The predicted octanol–water partition coefficient (Wildman–Crippen LogP) is 2.69. The largest absolute Gasteiger partial charge is 0.367 e. The molecular weight excluding hydrogens is 264 g/mol. The van der Waals surface area contributed by atoms with Gasteiger partial charge >= 0.3 is 0 Å². The van der Waals surface area contributed by atoms with Crippen molar-refractivity contribution in [3.63, 3.8) is 0 Å². The Labute approximate surface area is 105 Å². The van der Waals surface area contributed by atoms with E-state index in [2.05, 4.69) is 39.0 Å². The Bertz CT molecular complexity index is 405. The van der Waals surface area contributed by atoms with Crippen molar-refractivity contribution in [2.24, 2.45) is 5.73 Å². The van der Waals surface area contributed by atoms with Crippen LogP contribution in [-0.2, 0) is 6.42 Å². The lowest BCUT2D eigenvalue weighted by atomic mass is 9.88. The molecule has 3 heteroatoms. The summed E-state index contributed by atoms with van der Waals surface area (Å²) in [5, 5.41) is 0. The molecule has 0 bridgehead atoms. The number of nitrogens with two attached hydrogens (primary N) is 1. The van der Waals surface area contributed by atoms with E-state index in [4.69, 9.17) is 5.73 Å². The summed E-state index contributed by atoms with van der Waals surface area (Å²) < 4.78 is 1.19. The van der Waals surface area contributed by atoms with Crippen molar-refractivity contribution in [2.75, 3.05) is 11.4 Å². The fourth-order valence-electron chi connectivity index (χ4n) is 3.01. The van der Waals surface area contributed by atoms with Gasteiger partial charge in [-0.1, -0.05) is 15.9 Å². The van der Waals surface area contributed by atoms with Crippen LogP contribution in [0.3, 0.4) is 0 Å². The minimum absolute atomic E-state index is 0.353. The molecule has 0 spiro atoms. The first-order valence-electron chi connectivity index (χ1n) is 6.04. The molecule has 0 radical (unpaired) electrons. The van der Waals surface area contributed by atoms with Gasteiger partial charge < -0.3 is 10.6 Å². The number of anilines is 1. The van der Waals surface area contributed by atoms with E-state index in [0.717, 1.165) is 12.6 Å². The molecule has 2 heterocycles. The minimum atomic E-state index is 0.353. The SMILES string of the molecule is NC1CCC2CCc3cc(Br)ccc3N2C1. The molecule has 2 unspecified atom stereocenters. The van der Waals surface area contributed by atoms with E-state index in [-0.39, 0.29) is 0 Å². The molecule has 2 aliphatic rings. The lowest BCUT2D eigenvalue weighted by molar-refractivity contribution is 0.390. The number of benzene rings is 1. The van der Waals surface area contributed by atoms with E-state index in [0.29, 0.717) is 6.04 Å². The van der Waals surface area contributed by atoms with E-state index in [1.165, 1.54) is 41.4 Å². The van der Waals surface area contributed by atoms with Crippen molar-refractivity contribution in [3.05, 3.63) is 28.2 Å². The number of hydrogen-bond donors (Lipinski definition) is 1. The van der Waals surface area contributed by atoms with Crippen LogP contribution >= 0.6 is 15.9 Å². The molecule has 2 atom stereocenters. The van der Waals surface area contributed by atoms with Crippen LogP contribution in [-0.4, -0.2) is 18.6 Å². The second-order valence-electron chi connectivity index (χ2n) is 4.96. The minimum Gasteiger partial charge on any atom is -0.367 e. The molecule has 2 nitrogen and oxygen atoms in total. The van der Waals surface area contributed by atoms with Gasteiger partial charge in [-0.05, 0) is 49.4 Å². The Morgan fingerprint density at radius 3 is 3.00 bits per heavy atom. The third-order valence-corrected chi connectivity index (χ3v) is 4.33. The number of halogens is 1. The van der Waals surface area contributed by atoms with Gasteiger partial charge in [-0.25, -0.2) is 0 Å². The Hall–Kier alpha value is -0.540. The number of piperidine rings is 1. The molecule has 1 saturated heterocycles. The highest BCUT2D eigenvalue weighted by Crippen LogP contribution is 2.36. The number of nitrogens with zero attached hydrogens (tertiary/aromatic N) is 1. The third-order valence-electron chi connectivity index (χ3n) is 3.84. The monoisotopic (exact) mass is 280 g/mol. The number of aryl methyl sites for hydroxylation is 1. The van der Waals surface area contributed by atoms with Crippen molar-refractivity contribution < 1.29 is 0 Å². The quantitative estimate of drug-likeness (QED) is 0.792. The summed E-state index contributed by atoms with van der Waals surface area (Å²) in [6, 6.07) is 7.72. The van der Waals surface area contributed by atoms with Gasteiger partial charge in [0.2, 0.25) is 0 Å². The summed E-state index contributed by atoms with van der Waals surface area (Å²) in [7, 11) is 0. The molecule has 2 N–H and O–H groups in total. The second-order valence-corrected chi connectivity index (χ2v) is 5.87. The van der Waals surface area contributed by atoms with Crippen molar-refractivity contribution in [2.45, 2.75) is 37.8 Å². The van der Waals surface area contributed by atoms with Crippen LogP contribution < -0.4 is 10.6 Å². The van der Waals surface area contributed by atoms with Crippen LogP contribution in [0.25, 0.3) is 0 Å². The first kappa shape index (κ1) is 10.6. The summed E-state index contributed by atoms with van der Waals surface area (Å²) in [4.78, 5) is 2.53. The number of fused-ring (bicyclic) bond motifs is 3. The van der Waals surface area contributed by atoms with Gasteiger partial charge in [-0.15, -0.1) is 0 Å². The molecule has 0 aromatic heterocycles. The van der Waals surface area contributed by atoms with Crippen molar-refractivity contribution >= 4 is 21.6 Å². The van der Waals surface area contributed by atoms with Crippen LogP contribution in [0.2, 0.25) is 0 Å². The molecule has 3 rings (SSSR count). The molecule has 1 fully saturated rings. The molecule has 0 saturated carbocycles. The Kier molecular flexibility index (Phi) is 2.68. The first-order chi connectivity index (χ1) is 7.74. The zero-order valence-corrected chi connectivity index (χ0v) is 10.9. The number of rotatable bonds is 0. The van der Waals surface area contributed by atoms with Gasteiger partial charge in [0.1, 0.15) is 0 Å². The van der Waals surface area contributed by atoms with E-state index >= 15 is 0 Å². The number of hydrogen-bond acceptors (Lipinski definition) is 2. The van der Waals surface area contributed by atoms with Gasteiger partial charge in [0.25, 0.3) is 0 Å². The fourth-order valence-corrected chi connectivity index (χ4v) is 3.42. The van der Waals surface area contributed by atoms with Gasteiger partial charge in [-0.3, -0.25) is 0 Å². The maximum absolute atomic E-state index is 6.08. The molecule has 0 aliphatic carbocycles. The lowest BCUT2D eigenvalue weighted by Gasteiger charge is -2.44. The topological polar surface area (TPSA) is 29.3 Å².